The van der Waals surface area contributed by atoms with Crippen molar-refractivity contribution in [1.82, 2.24) is 10.6 Å². The van der Waals surface area contributed by atoms with Gasteiger partial charge in [0.05, 0.1) is 0 Å². The van der Waals surface area contributed by atoms with Gasteiger partial charge in [0.25, 0.3) is 0 Å². The maximum Gasteiger partial charge on any atom is 0.315 e. The van der Waals surface area contributed by atoms with Crippen LogP contribution in [0, 0.1) is 5.92 Å². The Kier molecular flexibility index (Phi) is 7.85. The summed E-state index contributed by atoms with van der Waals surface area (Å²) in [5.74, 6) is 0.451. The maximum atomic E-state index is 11.7. The predicted molar refractivity (Wildman–Crippen MR) is 95.2 cm³/mol. The molecule has 3 N–H and O–H groups in total. The van der Waals surface area contributed by atoms with E-state index >= 15 is 0 Å². The fraction of sp³-hybridized carbons (Fsp3) is 0.611. The Morgan fingerprint density at radius 3 is 2.58 bits per heavy atom. The molecule has 24 heavy (non-hydrogen) atoms. The number of carbonyl (C=O) groups excluding carboxylic acids is 1. The highest BCUT2D eigenvalue weighted by molar-refractivity contribution is 5.73. The summed E-state index contributed by atoms with van der Waals surface area (Å²) in [6.45, 7) is 4.06. The minimum absolute atomic E-state index is 0.152. The van der Waals surface area contributed by atoms with Crippen molar-refractivity contribution in [2.75, 3.05) is 44.9 Å². The van der Waals surface area contributed by atoms with Gasteiger partial charge in [0.2, 0.25) is 0 Å². The van der Waals surface area contributed by atoms with Gasteiger partial charge in [0.1, 0.15) is 0 Å². The average Bonchev–Trinajstić information content (AvgIpc) is 2.64. The highest BCUT2D eigenvalue weighted by atomic mass is 16.5. The second-order valence-electron chi connectivity index (χ2n) is 6.24. The van der Waals surface area contributed by atoms with Gasteiger partial charge in [-0.15, -0.1) is 0 Å². The number of rotatable bonds is 8. The van der Waals surface area contributed by atoms with Crippen LogP contribution >= 0.6 is 0 Å². The first-order chi connectivity index (χ1) is 11.7. The van der Waals surface area contributed by atoms with Crippen molar-refractivity contribution >= 4 is 11.7 Å². The zero-order chi connectivity index (χ0) is 17.2. The van der Waals surface area contributed by atoms with Gasteiger partial charge in [-0.1, -0.05) is 12.1 Å². The molecule has 134 valence electrons. The highest BCUT2D eigenvalue weighted by Gasteiger charge is 2.18. The summed E-state index contributed by atoms with van der Waals surface area (Å²) < 4.78 is 4.94. The van der Waals surface area contributed by atoms with Crippen LogP contribution in [0.5, 0.6) is 0 Å². The van der Waals surface area contributed by atoms with Gasteiger partial charge < -0.3 is 25.4 Å². The number of nitrogens with one attached hydrogen (secondary N) is 2. The van der Waals surface area contributed by atoms with Crippen LogP contribution in [0.2, 0.25) is 0 Å². The Morgan fingerprint density at radius 2 is 1.96 bits per heavy atom. The van der Waals surface area contributed by atoms with Gasteiger partial charge in [0, 0.05) is 52.2 Å². The lowest BCUT2D eigenvalue weighted by Gasteiger charge is -2.33. The number of hydrogen-bond donors (Lipinski definition) is 3. The maximum absolute atomic E-state index is 11.7. The lowest BCUT2D eigenvalue weighted by Crippen LogP contribution is -2.36. The monoisotopic (exact) mass is 335 g/mol. The third kappa shape index (κ3) is 6.02. The van der Waals surface area contributed by atoms with Gasteiger partial charge >= 0.3 is 6.03 Å². The Morgan fingerprint density at radius 1 is 1.25 bits per heavy atom. The molecule has 1 aliphatic rings. The summed E-state index contributed by atoms with van der Waals surface area (Å²) in [5, 5.41) is 14.9. The molecule has 1 heterocycles. The highest BCUT2D eigenvalue weighted by Crippen LogP contribution is 2.23. The molecule has 0 radical (unpaired) electrons. The predicted octanol–water partition coefficient (Wildman–Crippen LogP) is 1.73. The average molecular weight is 335 g/mol. The third-order valence-electron chi connectivity index (χ3n) is 4.44. The summed E-state index contributed by atoms with van der Waals surface area (Å²) in [4.78, 5) is 14.0. The largest absolute Gasteiger partial charge is 0.396 e. The number of aliphatic hydroxyl groups excluding tert-OH is 1. The topological polar surface area (TPSA) is 73.8 Å². The van der Waals surface area contributed by atoms with Gasteiger partial charge in [-0.3, -0.25) is 0 Å². The minimum Gasteiger partial charge on any atom is -0.396 e. The molecule has 0 unspecified atom stereocenters. The van der Waals surface area contributed by atoms with E-state index in [-0.39, 0.29) is 6.03 Å². The van der Waals surface area contributed by atoms with E-state index in [4.69, 9.17) is 4.74 Å². The van der Waals surface area contributed by atoms with Crippen LogP contribution in [-0.2, 0) is 11.3 Å². The van der Waals surface area contributed by atoms with Crippen LogP contribution in [0.3, 0.4) is 0 Å². The Bertz CT molecular complexity index is 485. The smallest absolute Gasteiger partial charge is 0.315 e. The normalized spacial score (nSPS) is 15.3. The Labute approximate surface area is 144 Å². The van der Waals surface area contributed by atoms with Crippen molar-refractivity contribution in [2.24, 2.45) is 5.92 Å². The number of anilines is 1. The zero-order valence-corrected chi connectivity index (χ0v) is 14.5. The molecule has 1 fully saturated rings. The van der Waals surface area contributed by atoms with Gasteiger partial charge in [-0.25, -0.2) is 4.79 Å². The first kappa shape index (κ1) is 18.5. The summed E-state index contributed by atoms with van der Waals surface area (Å²) in [6, 6.07) is 8.16. The number of amides is 2. The third-order valence-corrected chi connectivity index (χ3v) is 4.44. The molecule has 1 aromatic carbocycles. The van der Waals surface area contributed by atoms with Crippen molar-refractivity contribution in [3.63, 3.8) is 0 Å². The number of piperidine rings is 1. The second-order valence-corrected chi connectivity index (χ2v) is 6.24. The van der Waals surface area contributed by atoms with E-state index in [2.05, 4.69) is 39.8 Å². The van der Waals surface area contributed by atoms with E-state index < -0.39 is 0 Å². The van der Waals surface area contributed by atoms with Crippen LogP contribution in [-0.4, -0.2) is 51.1 Å². The summed E-state index contributed by atoms with van der Waals surface area (Å²) in [6.07, 6.45) is 2.90. The number of urea groups is 1. The molecule has 2 rings (SSSR count). The molecule has 0 aliphatic carbocycles. The molecule has 0 atom stereocenters. The van der Waals surface area contributed by atoms with E-state index in [1.165, 1.54) is 5.69 Å². The molecule has 0 bridgehead atoms. The molecule has 0 saturated carbocycles. The molecular formula is C18H29N3O3. The van der Waals surface area contributed by atoms with Crippen LogP contribution in [0.15, 0.2) is 24.3 Å². The van der Waals surface area contributed by atoms with E-state index in [1.807, 2.05) is 0 Å². The number of aliphatic hydroxyl groups is 1. The Hall–Kier alpha value is -1.79. The number of benzene rings is 1. The SMILES string of the molecule is COCCCNC(=O)NCc1ccc(N2CCC(CO)CC2)cc1. The van der Waals surface area contributed by atoms with Gasteiger partial charge in [-0.2, -0.15) is 0 Å². The summed E-state index contributed by atoms with van der Waals surface area (Å²) in [7, 11) is 1.65. The molecule has 0 spiro atoms. The first-order valence-electron chi connectivity index (χ1n) is 8.68. The van der Waals surface area contributed by atoms with Crippen molar-refractivity contribution in [3.8, 4) is 0 Å². The molecular weight excluding hydrogens is 306 g/mol. The van der Waals surface area contributed by atoms with E-state index in [0.717, 1.165) is 37.9 Å². The van der Waals surface area contributed by atoms with Gasteiger partial charge in [-0.05, 0) is 42.9 Å². The van der Waals surface area contributed by atoms with Crippen molar-refractivity contribution in [3.05, 3.63) is 29.8 Å². The molecule has 1 saturated heterocycles. The summed E-state index contributed by atoms with van der Waals surface area (Å²) in [5.41, 5.74) is 2.29. The Balaban J connectivity index is 1.71. The van der Waals surface area contributed by atoms with Crippen LogP contribution in [0.25, 0.3) is 0 Å². The quantitative estimate of drug-likeness (QED) is 0.633. The molecule has 1 aliphatic heterocycles. The molecule has 6 nitrogen and oxygen atoms in total. The fourth-order valence-corrected chi connectivity index (χ4v) is 2.86. The van der Waals surface area contributed by atoms with E-state index in [1.54, 1.807) is 7.11 Å². The number of nitrogens with zero attached hydrogens (tertiary/aromatic N) is 1. The molecule has 2 amide bonds. The molecule has 1 aromatic rings. The van der Waals surface area contributed by atoms with E-state index in [0.29, 0.717) is 32.2 Å². The number of methoxy groups -OCH3 is 1. The van der Waals surface area contributed by atoms with Crippen molar-refractivity contribution in [1.29, 1.82) is 0 Å². The standard InChI is InChI=1S/C18H29N3O3/c1-24-12-2-9-19-18(23)20-13-15-3-5-17(6-4-15)21-10-7-16(14-22)8-11-21/h3-6,16,22H,2,7-14H2,1H3,(H2,19,20,23). The van der Waals surface area contributed by atoms with Crippen molar-refractivity contribution < 1.29 is 14.6 Å². The molecule has 6 heteroatoms. The second kappa shape index (κ2) is 10.2. The summed E-state index contributed by atoms with van der Waals surface area (Å²) >= 11 is 0. The lowest BCUT2D eigenvalue weighted by atomic mass is 9.97. The zero-order valence-electron chi connectivity index (χ0n) is 14.5. The number of carbonyl (C=O) groups is 1. The minimum atomic E-state index is -0.152. The molecule has 0 aromatic heterocycles. The van der Waals surface area contributed by atoms with Crippen molar-refractivity contribution in [2.45, 2.75) is 25.8 Å². The first-order valence-corrected chi connectivity index (χ1v) is 8.68. The fourth-order valence-electron chi connectivity index (χ4n) is 2.86. The van der Waals surface area contributed by atoms with Crippen LogP contribution in [0.1, 0.15) is 24.8 Å². The van der Waals surface area contributed by atoms with Crippen LogP contribution < -0.4 is 15.5 Å². The van der Waals surface area contributed by atoms with Gasteiger partial charge in [0.15, 0.2) is 0 Å². The van der Waals surface area contributed by atoms with E-state index in [9.17, 15) is 9.90 Å². The van der Waals surface area contributed by atoms with Crippen LogP contribution in [0.4, 0.5) is 10.5 Å². The number of hydrogen-bond acceptors (Lipinski definition) is 4. The lowest BCUT2D eigenvalue weighted by molar-refractivity contribution is 0.193. The number of ether oxygens (including phenoxy) is 1.